The molecular formula is C58H97N5O41. The molecule has 0 spiro atoms. The molecule has 0 aromatic heterocycles. The molecule has 600 valence electrons. The van der Waals surface area contributed by atoms with Gasteiger partial charge in [0.25, 0.3) is 0 Å². The molecular weight excluding hydrogens is 1420 g/mol. The lowest BCUT2D eigenvalue weighted by molar-refractivity contribution is -0.396. The average molecular weight is 1520 g/mol. The maximum absolute atomic E-state index is 13.0. The van der Waals surface area contributed by atoms with Crippen LogP contribution in [0.2, 0.25) is 0 Å². The van der Waals surface area contributed by atoms with Gasteiger partial charge >= 0.3 is 0 Å². The number of hydrogen-bond acceptors (Lipinski definition) is 41. The highest BCUT2D eigenvalue weighted by molar-refractivity contribution is 5.75. The summed E-state index contributed by atoms with van der Waals surface area (Å²) in [5.74, 6) is -4.21. The highest BCUT2D eigenvalue weighted by Gasteiger charge is 2.60. The van der Waals surface area contributed by atoms with Crippen LogP contribution in [0.5, 0.6) is 0 Å². The molecule has 0 saturated carbocycles. The summed E-state index contributed by atoms with van der Waals surface area (Å²) in [6.45, 7) is -3.40. The summed E-state index contributed by atoms with van der Waals surface area (Å²) >= 11 is 0. The quantitative estimate of drug-likeness (QED) is 0.0363. The van der Waals surface area contributed by atoms with Gasteiger partial charge in [-0.1, -0.05) is 0 Å². The van der Waals surface area contributed by atoms with E-state index in [4.69, 9.17) is 71.1 Å². The van der Waals surface area contributed by atoms with Crippen LogP contribution in [0.15, 0.2) is 0 Å². The lowest BCUT2D eigenvalue weighted by atomic mass is 9.93. The van der Waals surface area contributed by atoms with Gasteiger partial charge in [0, 0.05) is 34.6 Å². The number of ether oxygens (including phenoxy) is 15. The molecule has 8 rings (SSSR count). The summed E-state index contributed by atoms with van der Waals surface area (Å²) in [7, 11) is 0. The Labute approximate surface area is 589 Å². The Bertz CT molecular complexity index is 2770. The number of carbonyl (C=O) groups is 5. The van der Waals surface area contributed by atoms with E-state index in [-0.39, 0.29) is 0 Å². The largest absolute Gasteiger partial charge is 0.394 e. The zero-order valence-corrected chi connectivity index (χ0v) is 56.3. The van der Waals surface area contributed by atoms with Crippen LogP contribution in [0.1, 0.15) is 34.6 Å². The Morgan fingerprint density at radius 3 is 0.942 bits per heavy atom. The fraction of sp³-hybridized carbons (Fsp3) is 0.914. The van der Waals surface area contributed by atoms with Crippen molar-refractivity contribution in [2.45, 2.75) is 280 Å². The third kappa shape index (κ3) is 19.4. The Kier molecular flexibility index (Phi) is 30.9. The molecule has 0 aliphatic carbocycles. The number of amides is 5. The molecule has 0 aromatic rings. The van der Waals surface area contributed by atoms with Gasteiger partial charge in [-0.15, -0.1) is 0 Å². The number of hydrogen-bond donors (Lipinski definition) is 26. The maximum atomic E-state index is 13.0. The van der Waals surface area contributed by atoms with Crippen molar-refractivity contribution in [2.24, 2.45) is 0 Å². The van der Waals surface area contributed by atoms with Crippen molar-refractivity contribution in [3.63, 3.8) is 0 Å². The van der Waals surface area contributed by atoms with E-state index in [1.807, 2.05) is 0 Å². The second kappa shape index (κ2) is 37.5. The molecule has 5 amide bonds. The minimum absolute atomic E-state index is 0.775. The van der Waals surface area contributed by atoms with E-state index in [1.54, 1.807) is 0 Å². The van der Waals surface area contributed by atoms with Gasteiger partial charge in [0.15, 0.2) is 50.3 Å². The van der Waals surface area contributed by atoms with Crippen LogP contribution in [0.4, 0.5) is 0 Å². The van der Waals surface area contributed by atoms with Crippen LogP contribution < -0.4 is 26.6 Å². The normalized spacial score (nSPS) is 47.2. The van der Waals surface area contributed by atoms with Crippen LogP contribution >= 0.6 is 0 Å². The molecule has 26 N–H and O–H groups in total. The van der Waals surface area contributed by atoms with Crippen molar-refractivity contribution < 1.29 is 202 Å². The molecule has 0 aromatic carbocycles. The minimum Gasteiger partial charge on any atom is -0.394 e. The maximum Gasteiger partial charge on any atom is 0.217 e. The first kappa shape index (κ1) is 85.5. The molecule has 4 unspecified atom stereocenters. The van der Waals surface area contributed by atoms with Crippen LogP contribution in [0.25, 0.3) is 0 Å². The van der Waals surface area contributed by atoms with E-state index in [0.29, 0.717) is 0 Å². The van der Waals surface area contributed by atoms with E-state index in [9.17, 15) is 131 Å². The van der Waals surface area contributed by atoms with Crippen LogP contribution in [-0.4, -0.2) is 435 Å². The van der Waals surface area contributed by atoms with Crippen molar-refractivity contribution >= 4 is 29.5 Å². The minimum atomic E-state index is -2.53. The zero-order valence-electron chi connectivity index (χ0n) is 56.3. The molecule has 8 aliphatic rings. The average Bonchev–Trinajstić information content (AvgIpc) is 0.771. The molecule has 40 atom stereocenters. The van der Waals surface area contributed by atoms with Crippen LogP contribution in [0, 0.1) is 0 Å². The third-order valence-electron chi connectivity index (χ3n) is 18.6. The summed E-state index contributed by atoms with van der Waals surface area (Å²) in [5.41, 5.74) is 0. The smallest absolute Gasteiger partial charge is 0.217 e. The van der Waals surface area contributed by atoms with Gasteiger partial charge in [0.2, 0.25) is 29.5 Å². The molecule has 8 fully saturated rings. The van der Waals surface area contributed by atoms with Gasteiger partial charge in [0.05, 0.1) is 52.9 Å². The Morgan fingerprint density at radius 2 is 0.519 bits per heavy atom. The first-order chi connectivity index (χ1) is 49.1. The molecule has 46 heteroatoms. The van der Waals surface area contributed by atoms with Crippen molar-refractivity contribution in [3.05, 3.63) is 0 Å². The lowest BCUT2D eigenvalue weighted by Crippen LogP contribution is -2.70. The number of aliphatic hydroxyl groups excluding tert-OH is 21. The van der Waals surface area contributed by atoms with Gasteiger partial charge in [0.1, 0.15) is 195 Å². The Balaban J connectivity index is 1.18. The second-order valence-electron chi connectivity index (χ2n) is 26.1. The first-order valence-electron chi connectivity index (χ1n) is 33.1. The zero-order chi connectivity index (χ0) is 76.8. The fourth-order valence-electron chi connectivity index (χ4n) is 13.3. The molecule has 8 heterocycles. The van der Waals surface area contributed by atoms with Crippen LogP contribution in [0.3, 0.4) is 0 Å². The van der Waals surface area contributed by atoms with E-state index in [1.165, 1.54) is 0 Å². The number of carbonyl (C=O) groups excluding carboxylic acids is 5. The van der Waals surface area contributed by atoms with E-state index in [2.05, 4.69) is 26.6 Å². The van der Waals surface area contributed by atoms with E-state index < -0.39 is 328 Å². The van der Waals surface area contributed by atoms with Crippen molar-refractivity contribution in [1.29, 1.82) is 0 Å². The van der Waals surface area contributed by atoms with Crippen LogP contribution in [-0.2, 0) is 95.0 Å². The SMILES string of the molecule is CC(=O)N[C@H]1[C@H](O[C@H]2[C@H](O)[C@@H](NC(C)=O)C(O)O[C@@H]2CO)O[C@H](CO)[C@@H](O[C@@H]2O[C@H](CO[C@H]3O[C@H](COC4O[C@H](CO)[C@@H](O)[C@H](O)[C@H]4NC(C)=O)[C@@H](O)[C@H](O)[C@@H]3OC3O[C@H](CO)[C@@H](O)[C@H](O)[C@H]3NC(C)=O)[C@@H](O)[C@H](O[C@H]3O[C@H](CO)[C@@H](O)[C@H](O)[C@@H]3OC3O[C@H](CO)[C@@H](O)[C@H](O)[C@H]3NC(C)=O)[C@@H]2O)[C@@H]1O. The van der Waals surface area contributed by atoms with Crippen molar-refractivity contribution in [1.82, 2.24) is 26.6 Å². The van der Waals surface area contributed by atoms with E-state index >= 15 is 0 Å². The molecule has 8 aliphatic heterocycles. The number of nitrogens with one attached hydrogen (secondary N) is 5. The molecule has 0 radical (unpaired) electrons. The summed E-state index contributed by atoms with van der Waals surface area (Å²) in [4.78, 5) is 62.4. The Hall–Kier alpha value is -4.09. The number of rotatable bonds is 27. The summed E-state index contributed by atoms with van der Waals surface area (Å²) in [6, 6.07) is -8.69. The van der Waals surface area contributed by atoms with Gasteiger partial charge in [-0.2, -0.15) is 0 Å². The Morgan fingerprint density at radius 1 is 0.250 bits per heavy atom. The fourth-order valence-corrected chi connectivity index (χ4v) is 13.3. The topological polar surface area (TPSA) is 709 Å². The van der Waals surface area contributed by atoms with Gasteiger partial charge in [-0.25, -0.2) is 0 Å². The van der Waals surface area contributed by atoms with Crippen molar-refractivity contribution in [3.8, 4) is 0 Å². The summed E-state index contributed by atoms with van der Waals surface area (Å²) in [5, 5.41) is 246. The van der Waals surface area contributed by atoms with Gasteiger partial charge in [-0.05, 0) is 0 Å². The second-order valence-corrected chi connectivity index (χ2v) is 26.1. The highest BCUT2D eigenvalue weighted by Crippen LogP contribution is 2.39. The molecule has 46 nitrogen and oxygen atoms in total. The van der Waals surface area contributed by atoms with Gasteiger partial charge < -0.3 is 205 Å². The van der Waals surface area contributed by atoms with E-state index in [0.717, 1.165) is 34.6 Å². The highest BCUT2D eigenvalue weighted by atomic mass is 16.8. The summed E-state index contributed by atoms with van der Waals surface area (Å²) < 4.78 is 89.4. The van der Waals surface area contributed by atoms with Gasteiger partial charge in [-0.3, -0.25) is 24.0 Å². The molecule has 8 saturated heterocycles. The monoisotopic (exact) mass is 1520 g/mol. The van der Waals surface area contributed by atoms with Crippen molar-refractivity contribution in [2.75, 3.05) is 52.9 Å². The predicted molar refractivity (Wildman–Crippen MR) is 322 cm³/mol. The first-order valence-corrected chi connectivity index (χ1v) is 33.1. The molecule has 0 bridgehead atoms. The predicted octanol–water partition coefficient (Wildman–Crippen LogP) is -17.7. The lowest BCUT2D eigenvalue weighted by Gasteiger charge is -2.51. The number of aliphatic hydroxyl groups is 21. The summed E-state index contributed by atoms with van der Waals surface area (Å²) in [6.07, 6.45) is -71.6. The molecule has 104 heavy (non-hydrogen) atoms. The standard InChI is InChI=1S/C58H97N5O41/c1-14(70)59-27-41(84)46(23(10-68)92-51(27)89)100-55-31(63-18(5)74)42(85)47(24(11-69)97-55)101-56-45(88)48(102-58-50(43(86)35(78)22(9-67)96-58)104-54-30(62-17(4)73)40(83)34(77)21(8-66)95-54)37(80)26(98-56)13-91-57-49(103-53-29(61-16(3)72)39(82)33(76)20(7-65)94-53)44(87)36(79)25(99-57)12-90-52-28(60-15(2)71)38(81)32(75)19(6-64)93-52/h19-58,64-69,75-89H,6-13H2,1-5H3,(H,59,70)(H,60,71)(H,61,72)(H,62,73)(H,63,74)/t19-,20-,21-,22-,23-,24-,25-,26-,27-,28-,29-,30-,31-,32-,33-,34-,35-,36-,37-,38-,39-,40-,41-,42-,43+,44+,45+,46-,47-,48+,49+,50+,51?,52?,53?,54?,55+,56+,57+,58-/m1/s1. The third-order valence-corrected chi connectivity index (χ3v) is 18.6.